The molecule has 0 aliphatic carbocycles. The molecule has 0 amide bonds. The molecular weight excluding hydrogens is 148 g/mol. The Morgan fingerprint density at radius 1 is 1.58 bits per heavy atom. The summed E-state index contributed by atoms with van der Waals surface area (Å²) in [6, 6.07) is 2.50. The molecule has 0 saturated heterocycles. The first-order valence-corrected chi connectivity index (χ1v) is 4.39. The molecule has 1 unspecified atom stereocenters. The summed E-state index contributed by atoms with van der Waals surface area (Å²) in [6.45, 7) is 7.39. The zero-order valence-electron chi connectivity index (χ0n) is 7.96. The molecule has 0 saturated carbocycles. The van der Waals surface area contributed by atoms with Crippen LogP contribution < -0.4 is 5.32 Å². The third-order valence-electron chi connectivity index (χ3n) is 2.04. The van der Waals surface area contributed by atoms with Gasteiger partial charge in [0.05, 0.1) is 0 Å². The first kappa shape index (κ1) is 9.20. The van der Waals surface area contributed by atoms with Crippen molar-refractivity contribution in [3.63, 3.8) is 0 Å². The lowest BCUT2D eigenvalue weighted by Crippen LogP contribution is -2.18. The standard InChI is InChI=1S/C10H16N2/c1-4-12-9(3)10-5-6-11-7-8(10)2/h5-7,9,12H,4H2,1-3H3. The summed E-state index contributed by atoms with van der Waals surface area (Å²) >= 11 is 0. The van der Waals surface area contributed by atoms with Gasteiger partial charge in [-0.05, 0) is 37.6 Å². The van der Waals surface area contributed by atoms with Crippen LogP contribution in [0.5, 0.6) is 0 Å². The smallest absolute Gasteiger partial charge is 0.0300 e. The normalized spacial score (nSPS) is 12.9. The largest absolute Gasteiger partial charge is 0.310 e. The Morgan fingerprint density at radius 2 is 2.33 bits per heavy atom. The van der Waals surface area contributed by atoms with Crippen molar-refractivity contribution in [1.29, 1.82) is 0 Å². The van der Waals surface area contributed by atoms with Crippen LogP contribution in [0.4, 0.5) is 0 Å². The Bertz CT molecular complexity index is 245. The van der Waals surface area contributed by atoms with E-state index in [9.17, 15) is 0 Å². The second-order valence-electron chi connectivity index (χ2n) is 3.01. The van der Waals surface area contributed by atoms with E-state index in [-0.39, 0.29) is 0 Å². The molecule has 0 bridgehead atoms. The van der Waals surface area contributed by atoms with Crippen molar-refractivity contribution < 1.29 is 0 Å². The predicted octanol–water partition coefficient (Wildman–Crippen LogP) is 2.06. The van der Waals surface area contributed by atoms with Gasteiger partial charge in [0.1, 0.15) is 0 Å². The molecule has 2 heteroatoms. The van der Waals surface area contributed by atoms with E-state index in [4.69, 9.17) is 0 Å². The summed E-state index contributed by atoms with van der Waals surface area (Å²) in [6.07, 6.45) is 3.75. The van der Waals surface area contributed by atoms with Crippen molar-refractivity contribution >= 4 is 0 Å². The molecule has 0 spiro atoms. The van der Waals surface area contributed by atoms with Gasteiger partial charge in [-0.15, -0.1) is 0 Å². The highest BCUT2D eigenvalue weighted by atomic mass is 14.9. The van der Waals surface area contributed by atoms with Crippen molar-refractivity contribution in [3.8, 4) is 0 Å². The molecule has 2 nitrogen and oxygen atoms in total. The van der Waals surface area contributed by atoms with Gasteiger partial charge in [0.25, 0.3) is 0 Å². The SMILES string of the molecule is CCNC(C)c1ccncc1C. The molecule has 0 fully saturated rings. The van der Waals surface area contributed by atoms with Gasteiger partial charge in [0, 0.05) is 18.4 Å². The van der Waals surface area contributed by atoms with Gasteiger partial charge in [0.15, 0.2) is 0 Å². The topological polar surface area (TPSA) is 24.9 Å². The van der Waals surface area contributed by atoms with Gasteiger partial charge >= 0.3 is 0 Å². The molecule has 0 aliphatic rings. The Morgan fingerprint density at radius 3 is 2.92 bits per heavy atom. The highest BCUT2D eigenvalue weighted by Gasteiger charge is 2.05. The third kappa shape index (κ3) is 2.05. The molecule has 0 aliphatic heterocycles. The van der Waals surface area contributed by atoms with Gasteiger partial charge in [-0.1, -0.05) is 6.92 Å². The maximum absolute atomic E-state index is 4.06. The van der Waals surface area contributed by atoms with E-state index in [0.717, 1.165) is 6.54 Å². The van der Waals surface area contributed by atoms with Crippen molar-refractivity contribution in [2.24, 2.45) is 0 Å². The number of nitrogens with one attached hydrogen (secondary N) is 1. The minimum atomic E-state index is 0.429. The Balaban J connectivity index is 2.79. The summed E-state index contributed by atoms with van der Waals surface area (Å²) in [5.74, 6) is 0. The average Bonchev–Trinajstić information content (AvgIpc) is 2.05. The average molecular weight is 164 g/mol. The first-order valence-electron chi connectivity index (χ1n) is 4.39. The summed E-state index contributed by atoms with van der Waals surface area (Å²) in [4.78, 5) is 4.06. The maximum atomic E-state index is 4.06. The molecule has 0 aromatic carbocycles. The van der Waals surface area contributed by atoms with E-state index >= 15 is 0 Å². The second kappa shape index (κ2) is 4.21. The first-order chi connectivity index (χ1) is 5.75. The van der Waals surface area contributed by atoms with Crippen LogP contribution in [-0.4, -0.2) is 11.5 Å². The lowest BCUT2D eigenvalue weighted by molar-refractivity contribution is 0.594. The number of aromatic nitrogens is 1. The van der Waals surface area contributed by atoms with Gasteiger partial charge in [-0.3, -0.25) is 4.98 Å². The number of hydrogen-bond donors (Lipinski definition) is 1. The molecule has 0 radical (unpaired) electrons. The minimum absolute atomic E-state index is 0.429. The minimum Gasteiger partial charge on any atom is -0.310 e. The van der Waals surface area contributed by atoms with Crippen LogP contribution >= 0.6 is 0 Å². The van der Waals surface area contributed by atoms with E-state index in [1.807, 2.05) is 12.4 Å². The van der Waals surface area contributed by atoms with Crippen LogP contribution in [0.25, 0.3) is 0 Å². The summed E-state index contributed by atoms with van der Waals surface area (Å²) in [5.41, 5.74) is 2.60. The number of rotatable bonds is 3. The van der Waals surface area contributed by atoms with Crippen LogP contribution in [0.15, 0.2) is 18.5 Å². The molecule has 12 heavy (non-hydrogen) atoms. The highest BCUT2D eigenvalue weighted by molar-refractivity contribution is 5.24. The van der Waals surface area contributed by atoms with E-state index in [1.165, 1.54) is 11.1 Å². The maximum Gasteiger partial charge on any atom is 0.0300 e. The van der Waals surface area contributed by atoms with E-state index < -0.39 is 0 Å². The number of nitrogens with zero attached hydrogens (tertiary/aromatic N) is 1. The molecule has 1 rings (SSSR count). The van der Waals surface area contributed by atoms with E-state index in [2.05, 4.69) is 37.1 Å². The fourth-order valence-electron chi connectivity index (χ4n) is 1.39. The summed E-state index contributed by atoms with van der Waals surface area (Å²) in [5, 5.41) is 3.37. The van der Waals surface area contributed by atoms with Crippen LogP contribution in [0.3, 0.4) is 0 Å². The zero-order valence-corrected chi connectivity index (χ0v) is 7.96. The van der Waals surface area contributed by atoms with Gasteiger partial charge < -0.3 is 5.32 Å². The Labute approximate surface area is 74.0 Å². The van der Waals surface area contributed by atoms with Crippen molar-refractivity contribution in [2.75, 3.05) is 6.54 Å². The molecule has 1 atom stereocenters. The van der Waals surface area contributed by atoms with Crippen molar-refractivity contribution in [1.82, 2.24) is 10.3 Å². The molecule has 1 aromatic heterocycles. The lowest BCUT2D eigenvalue weighted by atomic mass is 10.1. The van der Waals surface area contributed by atoms with Crippen LogP contribution in [0.2, 0.25) is 0 Å². The van der Waals surface area contributed by atoms with Crippen LogP contribution in [0.1, 0.15) is 31.0 Å². The fourth-order valence-corrected chi connectivity index (χ4v) is 1.39. The van der Waals surface area contributed by atoms with Crippen LogP contribution in [0, 0.1) is 6.92 Å². The number of hydrogen-bond acceptors (Lipinski definition) is 2. The Hall–Kier alpha value is -0.890. The fraction of sp³-hybridized carbons (Fsp3) is 0.500. The quantitative estimate of drug-likeness (QED) is 0.739. The van der Waals surface area contributed by atoms with Crippen molar-refractivity contribution in [2.45, 2.75) is 26.8 Å². The second-order valence-corrected chi connectivity index (χ2v) is 3.01. The van der Waals surface area contributed by atoms with E-state index in [0.29, 0.717) is 6.04 Å². The summed E-state index contributed by atoms with van der Waals surface area (Å²) < 4.78 is 0. The van der Waals surface area contributed by atoms with Crippen molar-refractivity contribution in [3.05, 3.63) is 29.6 Å². The molecule has 66 valence electrons. The number of aryl methyl sites for hydroxylation is 1. The van der Waals surface area contributed by atoms with Gasteiger partial charge in [-0.25, -0.2) is 0 Å². The molecule has 1 aromatic rings. The lowest BCUT2D eigenvalue weighted by Gasteiger charge is -2.14. The summed E-state index contributed by atoms with van der Waals surface area (Å²) in [7, 11) is 0. The zero-order chi connectivity index (χ0) is 8.97. The molecular formula is C10H16N2. The molecule has 1 N–H and O–H groups in total. The van der Waals surface area contributed by atoms with Gasteiger partial charge in [0.2, 0.25) is 0 Å². The van der Waals surface area contributed by atoms with Crippen LogP contribution in [-0.2, 0) is 0 Å². The van der Waals surface area contributed by atoms with E-state index in [1.54, 1.807) is 0 Å². The number of pyridine rings is 1. The Kier molecular flexibility index (Phi) is 3.23. The highest BCUT2D eigenvalue weighted by Crippen LogP contribution is 2.14. The van der Waals surface area contributed by atoms with Gasteiger partial charge in [-0.2, -0.15) is 0 Å². The molecule has 1 heterocycles. The predicted molar refractivity (Wildman–Crippen MR) is 51.1 cm³/mol. The monoisotopic (exact) mass is 164 g/mol. The third-order valence-corrected chi connectivity index (χ3v) is 2.04.